The smallest absolute Gasteiger partial charge is 0.135 e. The quantitative estimate of drug-likeness (QED) is 0.823. The van der Waals surface area contributed by atoms with Gasteiger partial charge in [-0.3, -0.25) is 0 Å². The molecule has 2 rings (SSSR count). The molecule has 2 aromatic rings. The van der Waals surface area contributed by atoms with Crippen LogP contribution in [0.3, 0.4) is 0 Å². The molecule has 5 heteroatoms. The molecule has 0 radical (unpaired) electrons. The lowest BCUT2D eigenvalue weighted by Gasteiger charge is -2.17. The van der Waals surface area contributed by atoms with E-state index in [-0.39, 0.29) is 22.4 Å². The van der Waals surface area contributed by atoms with E-state index in [0.29, 0.717) is 5.69 Å². The van der Waals surface area contributed by atoms with E-state index in [0.717, 1.165) is 6.42 Å². The highest BCUT2D eigenvalue weighted by Crippen LogP contribution is 2.22. The van der Waals surface area contributed by atoms with Gasteiger partial charge in [0.25, 0.3) is 0 Å². The van der Waals surface area contributed by atoms with Crippen LogP contribution in [0, 0.1) is 12.7 Å². The number of nitrogens with one attached hydrogen (secondary N) is 1. The van der Waals surface area contributed by atoms with Crippen molar-refractivity contribution >= 4 is 34.2 Å². The number of hydrogen-bond acceptors (Lipinski definition) is 3. The molecule has 0 fully saturated rings. The molecule has 20 heavy (non-hydrogen) atoms. The summed E-state index contributed by atoms with van der Waals surface area (Å²) in [6, 6.07) is 9.22. The summed E-state index contributed by atoms with van der Waals surface area (Å²) in [5.74, 6) is -0.387. The molecule has 3 N–H and O–H groups in total. The van der Waals surface area contributed by atoms with Crippen molar-refractivity contribution in [1.82, 2.24) is 0 Å². The number of hydrogen-bond donors (Lipinski definition) is 2. The minimum atomic E-state index is -0.387. The number of halogens is 1. The maximum absolute atomic E-state index is 13.8. The minimum Gasteiger partial charge on any atom is -0.389 e. The monoisotopic (exact) mass is 308 g/mol. The topological polar surface area (TPSA) is 38.0 Å². The molecule has 0 aliphatic rings. The van der Waals surface area contributed by atoms with Crippen LogP contribution in [0.4, 0.5) is 10.1 Å². The van der Waals surface area contributed by atoms with Crippen LogP contribution in [-0.4, -0.2) is 11.0 Å². The second-order valence-corrected chi connectivity index (χ2v) is 6.60. The lowest BCUT2D eigenvalue weighted by atomic mass is 10.1. The van der Waals surface area contributed by atoms with Gasteiger partial charge in [0, 0.05) is 27.9 Å². The zero-order chi connectivity index (χ0) is 14.7. The van der Waals surface area contributed by atoms with Crippen LogP contribution < -0.4 is 11.1 Å². The van der Waals surface area contributed by atoms with Gasteiger partial charge in [-0.05, 0) is 38.1 Å². The number of aryl methyl sites for hydroxylation is 1. The van der Waals surface area contributed by atoms with E-state index in [9.17, 15) is 4.39 Å². The highest BCUT2D eigenvalue weighted by Gasteiger charge is 2.13. The highest BCUT2D eigenvalue weighted by molar-refractivity contribution is 7.80. The van der Waals surface area contributed by atoms with Gasteiger partial charge in [-0.25, -0.2) is 4.39 Å². The standard InChI is InChI=1S/C15H17FN2S2/c1-9(8-11-7-6-10(2)20-11)18-13-5-3-4-12(16)14(13)15(17)19/h3-7,9,18H,8H2,1-2H3,(H2,17,19). The first-order chi connectivity index (χ1) is 9.47. The van der Waals surface area contributed by atoms with Crippen LogP contribution in [0.2, 0.25) is 0 Å². The Morgan fingerprint density at radius 2 is 2.15 bits per heavy atom. The second kappa shape index (κ2) is 6.33. The van der Waals surface area contributed by atoms with Gasteiger partial charge in [0.15, 0.2) is 0 Å². The Labute approximate surface area is 127 Å². The van der Waals surface area contributed by atoms with Crippen LogP contribution in [0.1, 0.15) is 22.2 Å². The average Bonchev–Trinajstić information content (AvgIpc) is 2.74. The fourth-order valence-corrected chi connectivity index (χ4v) is 3.33. The predicted molar refractivity (Wildman–Crippen MR) is 88.1 cm³/mol. The van der Waals surface area contributed by atoms with E-state index in [2.05, 4.69) is 31.3 Å². The van der Waals surface area contributed by atoms with Gasteiger partial charge < -0.3 is 11.1 Å². The molecule has 1 aromatic carbocycles. The largest absolute Gasteiger partial charge is 0.389 e. The molecule has 0 aliphatic carbocycles. The summed E-state index contributed by atoms with van der Waals surface area (Å²) < 4.78 is 13.8. The van der Waals surface area contributed by atoms with Crippen LogP contribution in [0.25, 0.3) is 0 Å². The van der Waals surface area contributed by atoms with E-state index in [1.165, 1.54) is 15.8 Å². The molecule has 2 nitrogen and oxygen atoms in total. The Bertz CT molecular complexity index is 622. The number of anilines is 1. The average molecular weight is 308 g/mol. The maximum Gasteiger partial charge on any atom is 0.135 e. The van der Waals surface area contributed by atoms with Crippen molar-refractivity contribution in [3.63, 3.8) is 0 Å². The number of nitrogens with two attached hydrogens (primary N) is 1. The molecule has 1 unspecified atom stereocenters. The van der Waals surface area contributed by atoms with Gasteiger partial charge in [0.1, 0.15) is 10.8 Å². The van der Waals surface area contributed by atoms with Crippen molar-refractivity contribution in [2.45, 2.75) is 26.3 Å². The minimum absolute atomic E-state index is 0.0739. The second-order valence-electron chi connectivity index (χ2n) is 4.79. The maximum atomic E-state index is 13.8. The van der Waals surface area contributed by atoms with E-state index >= 15 is 0 Å². The van der Waals surface area contributed by atoms with Crippen molar-refractivity contribution in [3.8, 4) is 0 Å². The van der Waals surface area contributed by atoms with E-state index in [1.54, 1.807) is 23.5 Å². The van der Waals surface area contributed by atoms with Crippen LogP contribution >= 0.6 is 23.6 Å². The van der Waals surface area contributed by atoms with Gasteiger partial charge in [-0.1, -0.05) is 18.3 Å². The van der Waals surface area contributed by atoms with Gasteiger partial charge in [-0.15, -0.1) is 11.3 Å². The van der Waals surface area contributed by atoms with Crippen molar-refractivity contribution in [3.05, 3.63) is 51.5 Å². The van der Waals surface area contributed by atoms with E-state index in [4.69, 9.17) is 18.0 Å². The summed E-state index contributed by atoms with van der Waals surface area (Å²) in [6.45, 7) is 4.15. The van der Waals surface area contributed by atoms with Gasteiger partial charge in [0.05, 0.1) is 5.56 Å². The molecule has 1 atom stereocenters. The molecule has 0 saturated carbocycles. The number of rotatable bonds is 5. The molecular weight excluding hydrogens is 291 g/mol. The zero-order valence-electron chi connectivity index (χ0n) is 11.4. The highest BCUT2D eigenvalue weighted by atomic mass is 32.1. The Morgan fingerprint density at radius 1 is 1.40 bits per heavy atom. The van der Waals surface area contributed by atoms with Gasteiger partial charge >= 0.3 is 0 Å². The molecule has 1 aromatic heterocycles. The Morgan fingerprint density at radius 3 is 2.75 bits per heavy atom. The summed E-state index contributed by atoms with van der Waals surface area (Å²) >= 11 is 6.70. The van der Waals surface area contributed by atoms with Crippen LogP contribution in [-0.2, 0) is 6.42 Å². The Kier molecular flexibility index (Phi) is 4.73. The first-order valence-electron chi connectivity index (χ1n) is 6.37. The van der Waals surface area contributed by atoms with Crippen molar-refractivity contribution in [2.24, 2.45) is 5.73 Å². The predicted octanol–water partition coefficient (Wildman–Crippen LogP) is 3.87. The van der Waals surface area contributed by atoms with Gasteiger partial charge in [0.2, 0.25) is 0 Å². The lowest BCUT2D eigenvalue weighted by molar-refractivity contribution is 0.625. The third kappa shape index (κ3) is 3.55. The fraction of sp³-hybridized carbons (Fsp3) is 0.267. The molecule has 0 amide bonds. The Balaban J connectivity index is 2.13. The molecule has 1 heterocycles. The number of thiocarbonyl (C=S) groups is 1. The third-order valence-corrected chi connectivity index (χ3v) is 4.19. The number of thiophene rings is 1. The van der Waals surface area contributed by atoms with E-state index in [1.807, 2.05) is 0 Å². The zero-order valence-corrected chi connectivity index (χ0v) is 13.1. The summed E-state index contributed by atoms with van der Waals surface area (Å²) in [7, 11) is 0. The summed E-state index contributed by atoms with van der Waals surface area (Å²) in [5, 5.41) is 3.29. The molecule has 0 spiro atoms. The molecule has 106 valence electrons. The van der Waals surface area contributed by atoms with Gasteiger partial charge in [-0.2, -0.15) is 0 Å². The third-order valence-electron chi connectivity index (χ3n) is 2.97. The molecular formula is C15H17FN2S2. The molecule has 0 saturated heterocycles. The summed E-state index contributed by atoms with van der Waals surface area (Å²) in [5.41, 5.74) is 6.54. The summed E-state index contributed by atoms with van der Waals surface area (Å²) in [6.07, 6.45) is 0.881. The Hall–Kier alpha value is -1.46. The van der Waals surface area contributed by atoms with Crippen molar-refractivity contribution < 1.29 is 4.39 Å². The first-order valence-corrected chi connectivity index (χ1v) is 7.60. The van der Waals surface area contributed by atoms with Crippen LogP contribution in [0.15, 0.2) is 30.3 Å². The first kappa shape index (κ1) is 14.9. The molecule has 0 aliphatic heterocycles. The number of benzene rings is 1. The fourth-order valence-electron chi connectivity index (χ4n) is 2.11. The van der Waals surface area contributed by atoms with E-state index < -0.39 is 0 Å². The lowest BCUT2D eigenvalue weighted by Crippen LogP contribution is -2.22. The SMILES string of the molecule is Cc1ccc(CC(C)Nc2cccc(F)c2C(N)=S)s1. The van der Waals surface area contributed by atoms with Crippen molar-refractivity contribution in [2.75, 3.05) is 5.32 Å². The van der Waals surface area contributed by atoms with Crippen LogP contribution in [0.5, 0.6) is 0 Å². The molecule has 0 bridgehead atoms. The summed E-state index contributed by atoms with van der Waals surface area (Å²) in [4.78, 5) is 2.67. The normalized spacial score (nSPS) is 12.2. The van der Waals surface area contributed by atoms with Crippen molar-refractivity contribution in [1.29, 1.82) is 0 Å².